The second-order valence-corrected chi connectivity index (χ2v) is 4.28. The summed E-state index contributed by atoms with van der Waals surface area (Å²) in [4.78, 5) is 11.9. The topological polar surface area (TPSA) is 52.3 Å². The average molecular weight is 256 g/mol. The number of hydrogen-bond acceptors (Lipinski definition) is 3. The molecule has 0 aliphatic heterocycles. The highest BCUT2D eigenvalue weighted by Gasteiger charge is 2.08. The van der Waals surface area contributed by atoms with Crippen molar-refractivity contribution in [3.8, 4) is 5.75 Å². The zero-order valence-electron chi connectivity index (χ0n) is 10.0. The molecule has 0 heterocycles. The Bertz CT molecular complexity index is 380. The monoisotopic (exact) mass is 255 g/mol. The van der Waals surface area contributed by atoms with E-state index in [0.29, 0.717) is 29.3 Å². The summed E-state index contributed by atoms with van der Waals surface area (Å²) in [6, 6.07) is 5.11. The van der Waals surface area contributed by atoms with Crippen molar-refractivity contribution in [1.29, 1.82) is 0 Å². The minimum Gasteiger partial charge on any atom is -0.495 e. The molecule has 0 aliphatic carbocycles. The lowest BCUT2D eigenvalue weighted by molar-refractivity contribution is 0.0979. The number of ketones is 1. The number of benzene rings is 1. The maximum atomic E-state index is 11.9. The third kappa shape index (κ3) is 4.36. The van der Waals surface area contributed by atoms with Crippen molar-refractivity contribution >= 4 is 17.4 Å². The Morgan fingerprint density at radius 3 is 2.76 bits per heavy atom. The molecule has 0 fully saturated rings. The first-order valence-electron chi connectivity index (χ1n) is 5.76. The summed E-state index contributed by atoms with van der Waals surface area (Å²) >= 11 is 5.90. The molecule has 17 heavy (non-hydrogen) atoms. The molecule has 0 spiro atoms. The number of carbonyl (C=O) groups excluding carboxylic acids is 1. The van der Waals surface area contributed by atoms with E-state index in [9.17, 15) is 4.79 Å². The number of halogens is 1. The largest absolute Gasteiger partial charge is 0.495 e. The van der Waals surface area contributed by atoms with Gasteiger partial charge in [0.05, 0.1) is 12.1 Å². The minimum atomic E-state index is 0.122. The molecule has 0 aliphatic rings. The molecule has 4 heteroatoms. The molecule has 0 atom stereocenters. The van der Waals surface area contributed by atoms with Gasteiger partial charge in [-0.05, 0) is 37.6 Å². The number of ether oxygens (including phenoxy) is 1. The second kappa shape index (κ2) is 7.30. The Hall–Kier alpha value is -1.06. The Morgan fingerprint density at radius 2 is 2.12 bits per heavy atom. The highest BCUT2D eigenvalue weighted by Crippen LogP contribution is 2.25. The van der Waals surface area contributed by atoms with Crippen molar-refractivity contribution in [3.63, 3.8) is 0 Å². The fourth-order valence-electron chi connectivity index (χ4n) is 1.58. The molecule has 94 valence electrons. The summed E-state index contributed by atoms with van der Waals surface area (Å²) in [5.74, 6) is 0.663. The summed E-state index contributed by atoms with van der Waals surface area (Å²) < 4.78 is 5.08. The smallest absolute Gasteiger partial charge is 0.163 e. The number of unbranched alkanes of at least 4 members (excludes halogenated alkanes) is 2. The molecule has 0 bridgehead atoms. The van der Waals surface area contributed by atoms with Gasteiger partial charge in [0.25, 0.3) is 0 Å². The highest BCUT2D eigenvalue weighted by molar-refractivity contribution is 6.32. The maximum Gasteiger partial charge on any atom is 0.163 e. The Kier molecular flexibility index (Phi) is 6.01. The van der Waals surface area contributed by atoms with E-state index in [4.69, 9.17) is 22.1 Å². The van der Waals surface area contributed by atoms with E-state index in [0.717, 1.165) is 19.3 Å². The van der Waals surface area contributed by atoms with Gasteiger partial charge in [-0.25, -0.2) is 0 Å². The lowest BCUT2D eigenvalue weighted by atomic mass is 10.0. The van der Waals surface area contributed by atoms with E-state index in [1.807, 2.05) is 0 Å². The fourth-order valence-corrected chi connectivity index (χ4v) is 1.78. The lowest BCUT2D eigenvalue weighted by Gasteiger charge is -2.06. The molecule has 1 aromatic rings. The summed E-state index contributed by atoms with van der Waals surface area (Å²) in [7, 11) is 1.54. The Balaban J connectivity index is 2.57. The maximum absolute atomic E-state index is 11.9. The van der Waals surface area contributed by atoms with Crippen LogP contribution in [0.3, 0.4) is 0 Å². The van der Waals surface area contributed by atoms with Gasteiger partial charge < -0.3 is 10.5 Å². The summed E-state index contributed by atoms with van der Waals surface area (Å²) in [6.07, 6.45) is 3.38. The molecular formula is C13H18ClNO2. The second-order valence-electron chi connectivity index (χ2n) is 3.87. The zero-order chi connectivity index (χ0) is 12.7. The molecule has 0 amide bonds. The van der Waals surface area contributed by atoms with Gasteiger partial charge in [-0.2, -0.15) is 0 Å². The molecule has 1 rings (SSSR count). The van der Waals surface area contributed by atoms with Crippen LogP contribution < -0.4 is 10.5 Å². The van der Waals surface area contributed by atoms with E-state index < -0.39 is 0 Å². The van der Waals surface area contributed by atoms with Gasteiger partial charge in [-0.1, -0.05) is 18.0 Å². The van der Waals surface area contributed by atoms with Crippen molar-refractivity contribution in [2.75, 3.05) is 13.7 Å². The number of carbonyl (C=O) groups is 1. The highest BCUT2D eigenvalue weighted by atomic mass is 35.5. The van der Waals surface area contributed by atoms with Crippen LogP contribution in [0.1, 0.15) is 36.0 Å². The SMILES string of the molecule is COc1cc(C(=O)CCCCCN)ccc1Cl. The summed E-state index contributed by atoms with van der Waals surface area (Å²) in [6.45, 7) is 0.683. The van der Waals surface area contributed by atoms with Crippen LogP contribution in [-0.4, -0.2) is 19.4 Å². The van der Waals surface area contributed by atoms with Gasteiger partial charge >= 0.3 is 0 Å². The van der Waals surface area contributed by atoms with E-state index in [2.05, 4.69) is 0 Å². The molecule has 3 nitrogen and oxygen atoms in total. The molecule has 0 radical (unpaired) electrons. The Morgan fingerprint density at radius 1 is 1.35 bits per heavy atom. The Labute approximate surface area is 107 Å². The number of nitrogens with two attached hydrogens (primary N) is 1. The van der Waals surface area contributed by atoms with Gasteiger partial charge in [-0.15, -0.1) is 0 Å². The fraction of sp³-hybridized carbons (Fsp3) is 0.462. The third-order valence-electron chi connectivity index (χ3n) is 2.58. The quantitative estimate of drug-likeness (QED) is 0.602. The average Bonchev–Trinajstić information content (AvgIpc) is 2.35. The number of Topliss-reactive ketones (excluding diaryl/α,β-unsaturated/α-hetero) is 1. The first-order valence-corrected chi connectivity index (χ1v) is 6.13. The number of rotatable bonds is 7. The van der Waals surface area contributed by atoms with Crippen molar-refractivity contribution in [2.45, 2.75) is 25.7 Å². The molecule has 1 aromatic carbocycles. The first-order chi connectivity index (χ1) is 8.19. The van der Waals surface area contributed by atoms with E-state index >= 15 is 0 Å². The standard InChI is InChI=1S/C13H18ClNO2/c1-17-13-9-10(6-7-11(13)14)12(16)5-3-2-4-8-15/h6-7,9H,2-5,8,15H2,1H3. The zero-order valence-corrected chi connectivity index (χ0v) is 10.8. The van der Waals surface area contributed by atoms with E-state index in [1.165, 1.54) is 7.11 Å². The minimum absolute atomic E-state index is 0.122. The van der Waals surface area contributed by atoms with Crippen molar-refractivity contribution in [3.05, 3.63) is 28.8 Å². The number of methoxy groups -OCH3 is 1. The van der Waals surface area contributed by atoms with Crippen LogP contribution >= 0.6 is 11.6 Å². The molecular weight excluding hydrogens is 238 g/mol. The summed E-state index contributed by atoms with van der Waals surface area (Å²) in [5, 5.41) is 0.521. The number of hydrogen-bond donors (Lipinski definition) is 1. The van der Waals surface area contributed by atoms with Crippen LogP contribution in [-0.2, 0) is 0 Å². The van der Waals surface area contributed by atoms with Crippen molar-refractivity contribution in [1.82, 2.24) is 0 Å². The van der Waals surface area contributed by atoms with E-state index in [1.54, 1.807) is 18.2 Å². The van der Waals surface area contributed by atoms with Gasteiger partial charge in [0.1, 0.15) is 5.75 Å². The van der Waals surface area contributed by atoms with Crippen LogP contribution in [0.15, 0.2) is 18.2 Å². The van der Waals surface area contributed by atoms with Crippen LogP contribution in [0, 0.1) is 0 Å². The normalized spacial score (nSPS) is 10.3. The summed E-state index contributed by atoms with van der Waals surface area (Å²) in [5.41, 5.74) is 6.05. The van der Waals surface area contributed by atoms with Gasteiger partial charge in [-0.3, -0.25) is 4.79 Å². The van der Waals surface area contributed by atoms with Gasteiger partial charge in [0.15, 0.2) is 5.78 Å². The molecule has 0 saturated heterocycles. The lowest BCUT2D eigenvalue weighted by Crippen LogP contribution is -2.02. The molecule has 2 N–H and O–H groups in total. The van der Waals surface area contributed by atoms with Crippen molar-refractivity contribution < 1.29 is 9.53 Å². The van der Waals surface area contributed by atoms with Crippen LogP contribution in [0.25, 0.3) is 0 Å². The van der Waals surface area contributed by atoms with Crippen LogP contribution in [0.5, 0.6) is 5.75 Å². The van der Waals surface area contributed by atoms with Crippen LogP contribution in [0.4, 0.5) is 0 Å². The molecule has 0 unspecified atom stereocenters. The van der Waals surface area contributed by atoms with Gasteiger partial charge in [0, 0.05) is 12.0 Å². The van der Waals surface area contributed by atoms with Gasteiger partial charge in [0.2, 0.25) is 0 Å². The predicted octanol–water partition coefficient (Wildman–Crippen LogP) is 3.05. The third-order valence-corrected chi connectivity index (χ3v) is 2.89. The molecule has 0 saturated carbocycles. The predicted molar refractivity (Wildman–Crippen MR) is 69.9 cm³/mol. The van der Waals surface area contributed by atoms with Crippen molar-refractivity contribution in [2.24, 2.45) is 5.73 Å². The van der Waals surface area contributed by atoms with E-state index in [-0.39, 0.29) is 5.78 Å². The molecule has 0 aromatic heterocycles. The first kappa shape index (κ1) is 14.0. The van der Waals surface area contributed by atoms with Crippen LogP contribution in [0.2, 0.25) is 5.02 Å².